The Morgan fingerprint density at radius 3 is 2.39 bits per heavy atom. The van der Waals surface area contributed by atoms with Crippen molar-refractivity contribution in [1.29, 1.82) is 0 Å². The van der Waals surface area contributed by atoms with Gasteiger partial charge in [-0.1, -0.05) is 0 Å². The number of nitrogens with zero attached hydrogens (tertiary/aromatic N) is 3. The number of hydrogen-bond acceptors (Lipinski definition) is 5. The number of hydrogen-bond donors (Lipinski definition) is 2. The summed E-state index contributed by atoms with van der Waals surface area (Å²) in [6.07, 6.45) is 0. The van der Waals surface area contributed by atoms with E-state index < -0.39 is 17.2 Å². The Hall–Kier alpha value is -3.42. The van der Waals surface area contributed by atoms with E-state index in [1.807, 2.05) is 19.1 Å². The van der Waals surface area contributed by atoms with Crippen LogP contribution in [0.2, 0.25) is 0 Å². The fourth-order valence-corrected chi connectivity index (χ4v) is 3.57. The molecule has 0 aliphatic carbocycles. The Labute approximate surface area is 160 Å². The number of aromatic carboxylic acids is 1. The molecule has 1 aliphatic rings. The number of rotatable bonds is 3. The van der Waals surface area contributed by atoms with E-state index in [1.54, 1.807) is 12.1 Å². The predicted octanol–water partition coefficient (Wildman–Crippen LogP) is 2.40. The predicted molar refractivity (Wildman–Crippen MR) is 105 cm³/mol. The Kier molecular flexibility index (Phi) is 4.46. The van der Waals surface area contributed by atoms with Crippen LogP contribution in [-0.2, 0) is 0 Å². The van der Waals surface area contributed by atoms with Crippen LogP contribution >= 0.6 is 0 Å². The molecule has 0 spiro atoms. The lowest BCUT2D eigenvalue weighted by Gasteiger charge is -2.38. The molecule has 1 fully saturated rings. The lowest BCUT2D eigenvalue weighted by molar-refractivity contribution is 0.0689. The lowest BCUT2D eigenvalue weighted by Crippen LogP contribution is -2.46. The van der Waals surface area contributed by atoms with Gasteiger partial charge in [0.25, 0.3) is 5.56 Å². The molecule has 0 amide bonds. The molecule has 0 saturated carbocycles. The smallest absolute Gasteiger partial charge is 0.360 e. The maximum absolute atomic E-state index is 13.1. The molecule has 3 aromatic rings. The Morgan fingerprint density at radius 2 is 1.75 bits per heavy atom. The minimum Gasteiger partial charge on any atom is -0.476 e. The minimum atomic E-state index is -1.35. The Morgan fingerprint density at radius 1 is 1.11 bits per heavy atom. The summed E-state index contributed by atoms with van der Waals surface area (Å²) >= 11 is 0. The first-order valence-electron chi connectivity index (χ1n) is 8.96. The average molecular weight is 382 g/mol. The topological polar surface area (TPSA) is 89.5 Å². The molecule has 7 nitrogen and oxygen atoms in total. The zero-order valence-electron chi connectivity index (χ0n) is 15.3. The Balaban J connectivity index is 1.60. The largest absolute Gasteiger partial charge is 0.476 e. The summed E-state index contributed by atoms with van der Waals surface area (Å²) < 4.78 is 13.1. The molecule has 1 aliphatic heterocycles. The van der Waals surface area contributed by atoms with Gasteiger partial charge >= 0.3 is 5.97 Å². The number of aromatic amines is 1. The molecule has 0 atom stereocenters. The number of piperazine rings is 1. The van der Waals surface area contributed by atoms with E-state index in [1.165, 1.54) is 12.1 Å². The molecule has 0 radical (unpaired) electrons. The van der Waals surface area contributed by atoms with Crippen LogP contribution in [-0.4, -0.2) is 47.2 Å². The fourth-order valence-electron chi connectivity index (χ4n) is 3.57. The summed E-state index contributed by atoms with van der Waals surface area (Å²) in [4.78, 5) is 34.0. The number of aryl methyl sites for hydroxylation is 1. The second-order valence-electron chi connectivity index (χ2n) is 6.83. The lowest BCUT2D eigenvalue weighted by atomic mass is 10.1. The highest BCUT2D eigenvalue weighted by molar-refractivity contribution is 5.89. The van der Waals surface area contributed by atoms with Crippen LogP contribution in [0.5, 0.6) is 0 Å². The third-order valence-corrected chi connectivity index (χ3v) is 5.02. The van der Waals surface area contributed by atoms with E-state index >= 15 is 0 Å². The van der Waals surface area contributed by atoms with Gasteiger partial charge in [0.15, 0.2) is 0 Å². The maximum atomic E-state index is 13.1. The van der Waals surface area contributed by atoms with Crippen LogP contribution in [0.4, 0.5) is 15.8 Å². The number of anilines is 2. The molecule has 0 unspecified atom stereocenters. The van der Waals surface area contributed by atoms with Gasteiger partial charge in [0.1, 0.15) is 5.82 Å². The van der Waals surface area contributed by atoms with Crippen LogP contribution in [0.25, 0.3) is 11.0 Å². The van der Waals surface area contributed by atoms with Crippen molar-refractivity contribution in [3.63, 3.8) is 0 Å². The molecule has 2 aromatic carbocycles. The number of fused-ring (bicyclic) bond motifs is 1. The summed E-state index contributed by atoms with van der Waals surface area (Å²) in [6.45, 7) is 5.04. The number of H-pyrrole nitrogens is 1. The second-order valence-corrected chi connectivity index (χ2v) is 6.83. The van der Waals surface area contributed by atoms with E-state index in [0.29, 0.717) is 11.0 Å². The van der Waals surface area contributed by atoms with E-state index in [0.717, 1.165) is 43.1 Å². The maximum Gasteiger partial charge on any atom is 0.360 e. The van der Waals surface area contributed by atoms with Gasteiger partial charge in [0.2, 0.25) is 5.69 Å². The summed E-state index contributed by atoms with van der Waals surface area (Å²) in [5.41, 5.74) is 2.66. The highest BCUT2D eigenvalue weighted by atomic mass is 19.1. The third kappa shape index (κ3) is 3.28. The van der Waals surface area contributed by atoms with Gasteiger partial charge in [-0.25, -0.2) is 14.2 Å². The van der Waals surface area contributed by atoms with Crippen molar-refractivity contribution >= 4 is 28.4 Å². The Bertz CT molecular complexity index is 1100. The van der Waals surface area contributed by atoms with Crippen molar-refractivity contribution in [3.05, 3.63) is 63.8 Å². The van der Waals surface area contributed by atoms with Gasteiger partial charge in [-0.2, -0.15) is 0 Å². The van der Waals surface area contributed by atoms with Crippen molar-refractivity contribution in [3.8, 4) is 0 Å². The molecule has 144 valence electrons. The standard InChI is InChI=1S/C20H19FN4O3/c1-12-10-15-16(22-18(20(27)28)19(26)23-15)11-17(12)25-8-6-24(7-9-25)14-4-2-13(21)3-5-14/h2-5,10-11H,6-9H2,1H3,(H,23,26)(H,27,28). The van der Waals surface area contributed by atoms with Crippen LogP contribution < -0.4 is 15.4 Å². The monoisotopic (exact) mass is 382 g/mol. The van der Waals surface area contributed by atoms with E-state index in [-0.39, 0.29) is 5.82 Å². The van der Waals surface area contributed by atoms with Crippen LogP contribution in [0, 0.1) is 12.7 Å². The number of halogens is 1. The van der Waals surface area contributed by atoms with Crippen molar-refractivity contribution in [2.45, 2.75) is 6.92 Å². The molecular formula is C20H19FN4O3. The summed E-state index contributed by atoms with van der Waals surface area (Å²) in [5, 5.41) is 9.13. The van der Waals surface area contributed by atoms with Crippen LogP contribution in [0.3, 0.4) is 0 Å². The highest BCUT2D eigenvalue weighted by Crippen LogP contribution is 2.27. The molecule has 8 heteroatoms. The SMILES string of the molecule is Cc1cc2[nH]c(=O)c(C(=O)O)nc2cc1N1CCN(c2ccc(F)cc2)CC1. The van der Waals surface area contributed by atoms with Crippen molar-refractivity contribution in [1.82, 2.24) is 9.97 Å². The fraction of sp³-hybridized carbons (Fsp3) is 0.250. The van der Waals surface area contributed by atoms with Crippen molar-refractivity contribution < 1.29 is 14.3 Å². The van der Waals surface area contributed by atoms with Crippen LogP contribution in [0.15, 0.2) is 41.2 Å². The van der Waals surface area contributed by atoms with E-state index in [2.05, 4.69) is 19.8 Å². The van der Waals surface area contributed by atoms with Gasteiger partial charge < -0.3 is 19.9 Å². The average Bonchev–Trinajstić information content (AvgIpc) is 2.68. The second kappa shape index (κ2) is 6.95. The first-order chi connectivity index (χ1) is 13.4. The van der Waals surface area contributed by atoms with Gasteiger partial charge in [-0.05, 0) is 48.9 Å². The number of carboxylic acid groups (broad SMARTS) is 1. The molecule has 4 rings (SSSR count). The van der Waals surface area contributed by atoms with Crippen LogP contribution in [0.1, 0.15) is 16.1 Å². The molecule has 2 heterocycles. The van der Waals surface area contributed by atoms with Gasteiger partial charge in [-0.3, -0.25) is 4.79 Å². The summed E-state index contributed by atoms with van der Waals surface area (Å²) in [6, 6.07) is 10.1. The van der Waals surface area contributed by atoms with Crippen molar-refractivity contribution in [2.24, 2.45) is 0 Å². The normalized spacial score (nSPS) is 14.5. The molecule has 28 heavy (non-hydrogen) atoms. The number of carboxylic acids is 1. The molecule has 1 saturated heterocycles. The van der Waals surface area contributed by atoms with E-state index in [4.69, 9.17) is 5.11 Å². The van der Waals surface area contributed by atoms with E-state index in [9.17, 15) is 14.0 Å². The number of nitrogens with one attached hydrogen (secondary N) is 1. The third-order valence-electron chi connectivity index (χ3n) is 5.02. The number of benzene rings is 2. The number of aromatic nitrogens is 2. The first-order valence-corrected chi connectivity index (χ1v) is 8.96. The zero-order valence-corrected chi connectivity index (χ0v) is 15.3. The summed E-state index contributed by atoms with van der Waals surface area (Å²) in [7, 11) is 0. The summed E-state index contributed by atoms with van der Waals surface area (Å²) in [5.74, 6) is -1.60. The van der Waals surface area contributed by atoms with Gasteiger partial charge in [-0.15, -0.1) is 0 Å². The molecule has 0 bridgehead atoms. The molecule has 2 N–H and O–H groups in total. The molecular weight excluding hydrogens is 363 g/mol. The van der Waals surface area contributed by atoms with Gasteiger partial charge in [0.05, 0.1) is 11.0 Å². The first kappa shape index (κ1) is 18.0. The minimum absolute atomic E-state index is 0.250. The quantitative estimate of drug-likeness (QED) is 0.723. The molecule has 1 aromatic heterocycles. The highest BCUT2D eigenvalue weighted by Gasteiger charge is 2.20. The van der Waals surface area contributed by atoms with Gasteiger partial charge in [0, 0.05) is 37.6 Å². The van der Waals surface area contributed by atoms with Crippen molar-refractivity contribution in [2.75, 3.05) is 36.0 Å². The zero-order chi connectivity index (χ0) is 19.8. The number of carbonyl (C=O) groups is 1.